The Balaban J connectivity index is 0.00000220. The molecule has 1 N–H and O–H groups in total. The molecule has 8 heteroatoms. The SMILES string of the molecule is O=C(C[n+]1ccccc1)Nc1ccc([N+](=O)[O-])cc1Cl.[Cl-]. The smallest absolute Gasteiger partial charge is 0.290 e. The zero-order chi connectivity index (χ0) is 14.5. The number of carbonyl (C=O) groups excluding carboxylic acids is 1. The second-order valence-corrected chi connectivity index (χ2v) is 4.42. The molecule has 1 amide bonds. The Hall–Kier alpha value is -2.18. The lowest BCUT2D eigenvalue weighted by atomic mass is 10.3. The summed E-state index contributed by atoms with van der Waals surface area (Å²) in [7, 11) is 0. The van der Waals surface area contributed by atoms with Crippen LogP contribution >= 0.6 is 11.6 Å². The number of anilines is 1. The van der Waals surface area contributed by atoms with Crippen LogP contribution < -0.4 is 22.3 Å². The third-order valence-electron chi connectivity index (χ3n) is 2.54. The number of amides is 1. The van der Waals surface area contributed by atoms with Crippen LogP contribution in [0.1, 0.15) is 0 Å². The fraction of sp³-hybridized carbons (Fsp3) is 0.0769. The van der Waals surface area contributed by atoms with E-state index < -0.39 is 4.92 Å². The summed E-state index contributed by atoms with van der Waals surface area (Å²) in [6, 6.07) is 9.37. The summed E-state index contributed by atoms with van der Waals surface area (Å²) in [5.74, 6) is -0.267. The molecular weight excluding hydrogens is 317 g/mol. The first-order valence-electron chi connectivity index (χ1n) is 5.74. The van der Waals surface area contributed by atoms with Gasteiger partial charge in [0.1, 0.15) is 0 Å². The number of aromatic nitrogens is 1. The molecule has 0 radical (unpaired) electrons. The van der Waals surface area contributed by atoms with Crippen molar-refractivity contribution in [2.45, 2.75) is 6.54 Å². The van der Waals surface area contributed by atoms with Gasteiger partial charge in [0.05, 0.1) is 15.6 Å². The molecule has 1 heterocycles. The average Bonchev–Trinajstić information content (AvgIpc) is 2.42. The second kappa shape index (κ2) is 7.56. The Morgan fingerprint density at radius 1 is 1.29 bits per heavy atom. The van der Waals surface area contributed by atoms with E-state index in [-0.39, 0.29) is 35.6 Å². The first-order valence-corrected chi connectivity index (χ1v) is 6.12. The number of halogens is 2. The van der Waals surface area contributed by atoms with Crippen molar-refractivity contribution in [2.24, 2.45) is 0 Å². The second-order valence-electron chi connectivity index (χ2n) is 4.02. The molecule has 0 saturated heterocycles. The van der Waals surface area contributed by atoms with Crippen LogP contribution in [-0.2, 0) is 11.3 Å². The monoisotopic (exact) mass is 327 g/mol. The van der Waals surface area contributed by atoms with Crippen molar-refractivity contribution < 1.29 is 26.7 Å². The van der Waals surface area contributed by atoms with Gasteiger partial charge in [0.15, 0.2) is 12.4 Å². The van der Waals surface area contributed by atoms with E-state index in [1.807, 2.05) is 18.2 Å². The summed E-state index contributed by atoms with van der Waals surface area (Å²) >= 11 is 5.89. The highest BCUT2D eigenvalue weighted by molar-refractivity contribution is 6.33. The molecule has 0 saturated carbocycles. The van der Waals surface area contributed by atoms with Crippen LogP contribution in [0.4, 0.5) is 11.4 Å². The molecule has 1 aromatic carbocycles. The van der Waals surface area contributed by atoms with Gasteiger partial charge in [-0.3, -0.25) is 14.9 Å². The van der Waals surface area contributed by atoms with Crippen LogP contribution in [0, 0.1) is 10.1 Å². The van der Waals surface area contributed by atoms with Gasteiger partial charge in [0, 0.05) is 24.3 Å². The minimum atomic E-state index is -0.544. The van der Waals surface area contributed by atoms with Gasteiger partial charge in [0.25, 0.3) is 11.6 Å². The Morgan fingerprint density at radius 2 is 1.95 bits per heavy atom. The molecule has 0 unspecified atom stereocenters. The van der Waals surface area contributed by atoms with Gasteiger partial charge in [-0.1, -0.05) is 17.7 Å². The molecule has 0 spiro atoms. The van der Waals surface area contributed by atoms with Crippen LogP contribution in [0.5, 0.6) is 0 Å². The van der Waals surface area contributed by atoms with E-state index in [0.29, 0.717) is 5.69 Å². The maximum absolute atomic E-state index is 11.8. The number of benzene rings is 1. The van der Waals surface area contributed by atoms with Crippen molar-refractivity contribution in [2.75, 3.05) is 5.32 Å². The van der Waals surface area contributed by atoms with Gasteiger partial charge < -0.3 is 17.7 Å². The molecule has 0 aliphatic rings. The molecule has 2 aromatic rings. The lowest BCUT2D eigenvalue weighted by Gasteiger charge is -2.05. The van der Waals surface area contributed by atoms with E-state index >= 15 is 0 Å². The predicted molar refractivity (Wildman–Crippen MR) is 73.4 cm³/mol. The summed E-state index contributed by atoms with van der Waals surface area (Å²) in [5.41, 5.74) is 0.226. The predicted octanol–water partition coefficient (Wildman–Crippen LogP) is -0.822. The largest absolute Gasteiger partial charge is 1.00 e. The summed E-state index contributed by atoms with van der Waals surface area (Å²) in [5, 5.41) is 13.3. The number of hydrogen-bond acceptors (Lipinski definition) is 3. The number of carbonyl (C=O) groups is 1. The molecule has 0 aliphatic heterocycles. The standard InChI is InChI=1S/C13H10ClN3O3.ClH/c14-11-8-10(17(19)20)4-5-12(11)15-13(18)9-16-6-2-1-3-7-16;/h1-8H,9H2;1H. The quantitative estimate of drug-likeness (QED) is 0.453. The van der Waals surface area contributed by atoms with Crippen LogP contribution in [0.25, 0.3) is 0 Å². The lowest BCUT2D eigenvalue weighted by Crippen LogP contribution is -3.00. The number of hydrogen-bond donors (Lipinski definition) is 1. The third kappa shape index (κ3) is 4.70. The van der Waals surface area contributed by atoms with Crippen LogP contribution in [0.15, 0.2) is 48.8 Å². The van der Waals surface area contributed by atoms with E-state index in [4.69, 9.17) is 11.6 Å². The number of non-ortho nitro benzene ring substituents is 1. The van der Waals surface area contributed by atoms with Gasteiger partial charge in [-0.05, 0) is 6.07 Å². The van der Waals surface area contributed by atoms with E-state index in [1.54, 1.807) is 17.0 Å². The summed E-state index contributed by atoms with van der Waals surface area (Å²) in [4.78, 5) is 21.9. The highest BCUT2D eigenvalue weighted by Gasteiger charge is 2.13. The molecule has 110 valence electrons. The average molecular weight is 328 g/mol. The summed E-state index contributed by atoms with van der Waals surface area (Å²) in [6.07, 6.45) is 3.52. The topological polar surface area (TPSA) is 76.1 Å². The maximum Gasteiger partial charge on any atom is 0.290 e. The summed E-state index contributed by atoms with van der Waals surface area (Å²) < 4.78 is 1.70. The van der Waals surface area contributed by atoms with Crippen molar-refractivity contribution in [3.05, 3.63) is 63.9 Å². The van der Waals surface area contributed by atoms with Crippen LogP contribution in [-0.4, -0.2) is 10.8 Å². The molecule has 0 bridgehead atoms. The summed E-state index contributed by atoms with van der Waals surface area (Å²) in [6.45, 7) is 0.133. The zero-order valence-electron chi connectivity index (χ0n) is 10.7. The number of pyridine rings is 1. The number of nitro groups is 1. The first kappa shape index (κ1) is 16.9. The molecule has 0 aliphatic carbocycles. The minimum absolute atomic E-state index is 0. The Labute approximate surface area is 131 Å². The van der Waals surface area contributed by atoms with Crippen molar-refractivity contribution >= 4 is 28.9 Å². The molecular formula is C13H11Cl2N3O3. The van der Waals surface area contributed by atoms with Gasteiger partial charge in [-0.15, -0.1) is 0 Å². The van der Waals surface area contributed by atoms with Crippen molar-refractivity contribution in [3.8, 4) is 0 Å². The Bertz CT molecular complexity index is 650. The fourth-order valence-corrected chi connectivity index (χ4v) is 1.84. The molecule has 0 atom stereocenters. The Morgan fingerprint density at radius 3 is 2.52 bits per heavy atom. The minimum Gasteiger partial charge on any atom is -1.00 e. The molecule has 2 rings (SSSR count). The molecule has 1 aromatic heterocycles. The number of nitro benzene ring substituents is 1. The van der Waals surface area contributed by atoms with Gasteiger partial charge >= 0.3 is 0 Å². The highest BCUT2D eigenvalue weighted by Crippen LogP contribution is 2.26. The van der Waals surface area contributed by atoms with E-state index in [9.17, 15) is 14.9 Å². The van der Waals surface area contributed by atoms with Gasteiger partial charge in [-0.25, -0.2) is 0 Å². The van der Waals surface area contributed by atoms with E-state index in [2.05, 4.69) is 5.32 Å². The highest BCUT2D eigenvalue weighted by atomic mass is 35.5. The van der Waals surface area contributed by atoms with Crippen molar-refractivity contribution in [1.29, 1.82) is 0 Å². The maximum atomic E-state index is 11.8. The number of nitrogens with zero attached hydrogens (tertiary/aromatic N) is 2. The van der Waals surface area contributed by atoms with Gasteiger partial charge in [0.2, 0.25) is 6.54 Å². The van der Waals surface area contributed by atoms with E-state index in [0.717, 1.165) is 0 Å². The zero-order valence-corrected chi connectivity index (χ0v) is 12.2. The third-order valence-corrected chi connectivity index (χ3v) is 2.85. The van der Waals surface area contributed by atoms with Crippen molar-refractivity contribution in [1.82, 2.24) is 0 Å². The van der Waals surface area contributed by atoms with Gasteiger partial charge in [-0.2, -0.15) is 4.57 Å². The molecule has 21 heavy (non-hydrogen) atoms. The number of nitrogens with one attached hydrogen (secondary N) is 1. The lowest BCUT2D eigenvalue weighted by molar-refractivity contribution is -0.684. The van der Waals surface area contributed by atoms with Crippen LogP contribution in [0.3, 0.4) is 0 Å². The fourth-order valence-electron chi connectivity index (χ4n) is 1.61. The molecule has 0 fully saturated rings. The molecule has 6 nitrogen and oxygen atoms in total. The van der Waals surface area contributed by atoms with Crippen LogP contribution in [0.2, 0.25) is 5.02 Å². The number of rotatable bonds is 4. The Kier molecular flexibility index (Phi) is 6.08. The normalized spacial score (nSPS) is 9.57. The first-order chi connectivity index (χ1) is 9.56. The van der Waals surface area contributed by atoms with E-state index in [1.165, 1.54) is 18.2 Å². The van der Waals surface area contributed by atoms with Crippen molar-refractivity contribution in [3.63, 3.8) is 0 Å².